The van der Waals surface area contributed by atoms with Gasteiger partial charge in [-0.05, 0) is 13.8 Å². The van der Waals surface area contributed by atoms with Crippen LogP contribution in [-0.4, -0.2) is 31.4 Å². The fraction of sp³-hybridized carbons (Fsp3) is 0.333. The van der Waals surface area contributed by atoms with E-state index in [1.165, 1.54) is 39.8 Å². The molecule has 0 aromatic rings. The molecule has 0 amide bonds. The van der Waals surface area contributed by atoms with Gasteiger partial charge in [-0.3, -0.25) is 9.59 Å². The van der Waals surface area contributed by atoms with Crippen LogP contribution in [0, 0.1) is 14.9 Å². The molecule has 0 atom stereocenters. The molecule has 0 aliphatic heterocycles. The minimum atomic E-state index is 0. The van der Waals surface area contributed by atoms with E-state index in [2.05, 4.69) is 0 Å². The van der Waals surface area contributed by atoms with Gasteiger partial charge >= 0.3 is 33.3 Å². The summed E-state index contributed by atoms with van der Waals surface area (Å²) in [6, 6.07) is 0. The Kier molecular flexibility index (Phi) is 30.7. The van der Waals surface area contributed by atoms with E-state index >= 15 is 0 Å². The third-order valence-corrected chi connectivity index (χ3v) is 0.836. The molecule has 4 N–H and O–H groups in total. The van der Waals surface area contributed by atoms with Crippen molar-refractivity contribution in [3.63, 3.8) is 0 Å². The maximum Gasteiger partial charge on any atom is 2.00 e. The Hall–Kier alpha value is -0.866. The van der Waals surface area contributed by atoms with Gasteiger partial charge in [0.25, 0.3) is 0 Å². The first kappa shape index (κ1) is 29.8. The van der Waals surface area contributed by atoms with E-state index in [0.717, 1.165) is 0 Å². The van der Waals surface area contributed by atoms with E-state index in [4.69, 9.17) is 19.8 Å². The summed E-state index contributed by atoms with van der Waals surface area (Å²) in [6.07, 6.45) is 2.56. The van der Waals surface area contributed by atoms with Crippen molar-refractivity contribution in [1.82, 2.24) is 0 Å². The SMILES string of the molecule is CC(=[OH+])/C=C(/C)O.CC(=[OH+])/C=C(/C)O.[CH3-].[CH3-].[Ti+2]. The summed E-state index contributed by atoms with van der Waals surface area (Å²) in [5.41, 5.74) is 0. The molecule has 98 valence electrons. The van der Waals surface area contributed by atoms with Crippen molar-refractivity contribution in [3.05, 3.63) is 38.5 Å². The first-order chi connectivity index (χ1) is 6.25. The molecular weight excluding hydrogens is 256 g/mol. The second kappa shape index (κ2) is 17.5. The van der Waals surface area contributed by atoms with Gasteiger partial charge in [-0.2, -0.15) is 0 Å². The van der Waals surface area contributed by atoms with E-state index in [9.17, 15) is 0 Å². The summed E-state index contributed by atoms with van der Waals surface area (Å²) >= 11 is 0. The average molecular weight is 280 g/mol. The largest absolute Gasteiger partial charge is 2.00 e. The second-order valence-corrected chi connectivity index (χ2v) is 2.85. The molecule has 0 unspecified atom stereocenters. The van der Waals surface area contributed by atoms with Crippen molar-refractivity contribution in [3.8, 4) is 0 Å². The average Bonchev–Trinajstić information content (AvgIpc) is 1.79. The molecular formula is C12H24O4Ti+2. The number of aliphatic hydroxyl groups is 2. The van der Waals surface area contributed by atoms with Crippen LogP contribution in [0.5, 0.6) is 0 Å². The van der Waals surface area contributed by atoms with Gasteiger partial charge in [0, 0.05) is 0 Å². The van der Waals surface area contributed by atoms with Crippen LogP contribution in [-0.2, 0) is 21.7 Å². The van der Waals surface area contributed by atoms with E-state index in [1.54, 1.807) is 0 Å². The monoisotopic (exact) mass is 280 g/mol. The Balaban J connectivity index is -0.0000000480. The van der Waals surface area contributed by atoms with E-state index in [-0.39, 0.29) is 59.7 Å². The Bertz CT molecular complexity index is 232. The van der Waals surface area contributed by atoms with Crippen molar-refractivity contribution in [2.45, 2.75) is 27.7 Å². The standard InChI is InChI=1S/2C5H8O2.2CH3.Ti/c2*1-4(6)3-5(2)7;;;/h2*3,6H,1-2H3;2*1H3;/q;;2*-1;+2/p+2/b2*4-3-;;;. The molecule has 4 nitrogen and oxygen atoms in total. The predicted octanol–water partition coefficient (Wildman–Crippen LogP) is 2.92. The van der Waals surface area contributed by atoms with Gasteiger partial charge in [-0.1, -0.05) is 0 Å². The summed E-state index contributed by atoms with van der Waals surface area (Å²) in [5, 5.41) is 16.8. The van der Waals surface area contributed by atoms with Crippen LogP contribution < -0.4 is 0 Å². The number of hydrogen-bond acceptors (Lipinski definition) is 2. The first-order valence-corrected chi connectivity index (χ1v) is 4.05. The summed E-state index contributed by atoms with van der Waals surface area (Å²) in [6.45, 7) is 6.00. The molecule has 17 heavy (non-hydrogen) atoms. The minimum absolute atomic E-state index is 0. The van der Waals surface area contributed by atoms with Crippen LogP contribution in [0.25, 0.3) is 0 Å². The molecule has 0 saturated heterocycles. The van der Waals surface area contributed by atoms with E-state index in [1.807, 2.05) is 0 Å². The zero-order chi connectivity index (χ0) is 11.7. The molecule has 0 aromatic carbocycles. The van der Waals surface area contributed by atoms with Crippen molar-refractivity contribution < 1.29 is 41.5 Å². The normalized spacial score (nSPS) is 9.41. The smallest absolute Gasteiger partial charge is 0.512 e. The van der Waals surface area contributed by atoms with Crippen LogP contribution in [0.1, 0.15) is 27.7 Å². The van der Waals surface area contributed by atoms with Gasteiger partial charge in [0.15, 0.2) is 0 Å². The molecule has 0 bridgehead atoms. The van der Waals surface area contributed by atoms with Crippen LogP contribution in [0.3, 0.4) is 0 Å². The number of aliphatic hydroxyl groups excluding tert-OH is 2. The fourth-order valence-corrected chi connectivity index (χ4v) is 0.605. The van der Waals surface area contributed by atoms with Gasteiger partial charge in [0.1, 0.15) is 0 Å². The topological polar surface area (TPSA) is 83.3 Å². The third-order valence-electron chi connectivity index (χ3n) is 0.836. The number of carbonyl (C=O) groups excluding carboxylic acids is 2. The molecule has 0 saturated carbocycles. The zero-order valence-corrected chi connectivity index (χ0v) is 13.0. The molecule has 0 aromatic heterocycles. The van der Waals surface area contributed by atoms with Gasteiger partial charge in [0.05, 0.1) is 37.5 Å². The van der Waals surface area contributed by atoms with Crippen LogP contribution in [0.2, 0.25) is 0 Å². The number of allylic oxidation sites excluding steroid dienone is 4. The molecule has 0 heterocycles. The van der Waals surface area contributed by atoms with Crippen LogP contribution in [0.15, 0.2) is 23.7 Å². The third kappa shape index (κ3) is 51.3. The van der Waals surface area contributed by atoms with Gasteiger partial charge in [-0.25, -0.2) is 0 Å². The fourth-order valence-electron chi connectivity index (χ4n) is 0.605. The maximum absolute atomic E-state index is 8.40. The van der Waals surface area contributed by atoms with Crippen molar-refractivity contribution in [1.29, 1.82) is 0 Å². The number of ketones is 2. The van der Waals surface area contributed by atoms with Gasteiger partial charge < -0.3 is 25.1 Å². The van der Waals surface area contributed by atoms with E-state index < -0.39 is 0 Å². The summed E-state index contributed by atoms with van der Waals surface area (Å²) in [7, 11) is 0. The Morgan fingerprint density at radius 3 is 0.941 bits per heavy atom. The minimum Gasteiger partial charge on any atom is -0.512 e. The molecule has 0 rings (SSSR count). The predicted molar refractivity (Wildman–Crippen MR) is 70.8 cm³/mol. The van der Waals surface area contributed by atoms with Gasteiger partial charge in [-0.15, -0.1) is 0 Å². The van der Waals surface area contributed by atoms with Gasteiger partial charge in [0.2, 0.25) is 0 Å². The Morgan fingerprint density at radius 2 is 0.941 bits per heavy atom. The molecule has 5 heteroatoms. The number of hydrogen-bond donors (Lipinski definition) is 2. The molecule has 0 spiro atoms. The van der Waals surface area contributed by atoms with E-state index in [0.29, 0.717) is 0 Å². The second-order valence-electron chi connectivity index (χ2n) is 2.85. The summed E-state index contributed by atoms with van der Waals surface area (Å²) < 4.78 is 0. The summed E-state index contributed by atoms with van der Waals surface area (Å²) in [4.78, 5) is 16.8. The van der Waals surface area contributed by atoms with Crippen molar-refractivity contribution in [2.24, 2.45) is 0 Å². The Labute approximate surface area is 119 Å². The molecule has 0 radical (unpaired) electrons. The van der Waals surface area contributed by atoms with Crippen LogP contribution >= 0.6 is 0 Å². The molecule has 0 aliphatic rings. The quantitative estimate of drug-likeness (QED) is 0.268. The molecule has 0 fully saturated rings. The zero-order valence-electron chi connectivity index (χ0n) is 11.4. The molecule has 0 aliphatic carbocycles. The Morgan fingerprint density at radius 1 is 0.765 bits per heavy atom. The maximum atomic E-state index is 8.40. The number of rotatable bonds is 2. The summed E-state index contributed by atoms with van der Waals surface area (Å²) in [5.74, 6) is 0.500. The van der Waals surface area contributed by atoms with Crippen molar-refractivity contribution in [2.75, 3.05) is 0 Å². The van der Waals surface area contributed by atoms with Crippen LogP contribution in [0.4, 0.5) is 0 Å². The first-order valence-electron chi connectivity index (χ1n) is 4.05. The van der Waals surface area contributed by atoms with Crippen molar-refractivity contribution >= 4 is 11.6 Å².